The first-order valence-corrected chi connectivity index (χ1v) is 7.50. The lowest BCUT2D eigenvalue weighted by Crippen LogP contribution is -2.15. The topological polar surface area (TPSA) is 90.5 Å². The molecule has 0 aliphatic heterocycles. The number of benzene rings is 2. The van der Waals surface area contributed by atoms with Crippen molar-refractivity contribution in [2.24, 2.45) is 0 Å². The minimum atomic E-state index is -0.634. The number of esters is 1. The molecule has 1 N–H and O–H groups in total. The molecule has 0 amide bonds. The van der Waals surface area contributed by atoms with Crippen molar-refractivity contribution in [3.05, 3.63) is 64.2 Å². The Kier molecular flexibility index (Phi) is 4.65. The van der Waals surface area contributed by atoms with Gasteiger partial charge in [-0.2, -0.15) is 0 Å². The smallest absolute Gasteiger partial charge is 0.346 e. The van der Waals surface area contributed by atoms with Crippen LogP contribution < -0.4 is 15.0 Å². The van der Waals surface area contributed by atoms with Crippen LogP contribution in [0.5, 0.6) is 11.5 Å². The van der Waals surface area contributed by atoms with Crippen molar-refractivity contribution in [2.75, 3.05) is 14.2 Å². The van der Waals surface area contributed by atoms with E-state index < -0.39 is 5.97 Å². The Bertz CT molecular complexity index is 958. The molecule has 3 aromatic rings. The predicted octanol–water partition coefficient (Wildman–Crippen LogP) is 2.30. The Hall–Kier alpha value is -3.35. The molecule has 0 saturated carbocycles. The Morgan fingerprint density at radius 3 is 2.40 bits per heavy atom. The Morgan fingerprint density at radius 2 is 1.72 bits per heavy atom. The highest BCUT2D eigenvalue weighted by Gasteiger charge is 2.20. The molecular formula is C18H16N2O5. The van der Waals surface area contributed by atoms with Crippen LogP contribution in [0.25, 0.3) is 10.9 Å². The highest BCUT2D eigenvalue weighted by molar-refractivity contribution is 5.95. The fourth-order valence-corrected chi connectivity index (χ4v) is 2.46. The van der Waals surface area contributed by atoms with Gasteiger partial charge in [0.05, 0.1) is 25.1 Å². The zero-order valence-electron chi connectivity index (χ0n) is 13.7. The molecule has 0 aliphatic carbocycles. The minimum absolute atomic E-state index is 0.177. The third-order valence-corrected chi connectivity index (χ3v) is 3.63. The third-order valence-electron chi connectivity index (χ3n) is 3.63. The number of hydrogen-bond acceptors (Lipinski definition) is 6. The number of fused-ring (bicyclic) bond motifs is 1. The van der Waals surface area contributed by atoms with E-state index in [0.29, 0.717) is 22.4 Å². The van der Waals surface area contributed by atoms with Crippen LogP contribution in [0.2, 0.25) is 0 Å². The van der Waals surface area contributed by atoms with E-state index in [1.807, 2.05) is 0 Å². The number of methoxy groups -OCH3 is 2. The highest BCUT2D eigenvalue weighted by atomic mass is 16.5. The lowest BCUT2D eigenvalue weighted by Gasteiger charge is -2.12. The van der Waals surface area contributed by atoms with E-state index in [2.05, 4.69) is 9.97 Å². The number of carbonyl (C=O) groups excluding carboxylic acids is 1. The lowest BCUT2D eigenvalue weighted by atomic mass is 10.2. The van der Waals surface area contributed by atoms with Crippen molar-refractivity contribution in [2.45, 2.75) is 6.61 Å². The largest absolute Gasteiger partial charge is 0.496 e. The van der Waals surface area contributed by atoms with E-state index in [4.69, 9.17) is 14.2 Å². The summed E-state index contributed by atoms with van der Waals surface area (Å²) in [7, 11) is 2.90. The summed E-state index contributed by atoms with van der Waals surface area (Å²) >= 11 is 0. The molecule has 0 saturated heterocycles. The molecule has 0 aliphatic rings. The van der Waals surface area contributed by atoms with E-state index in [1.54, 1.807) is 42.5 Å². The average Bonchev–Trinajstić information content (AvgIpc) is 2.65. The van der Waals surface area contributed by atoms with Crippen LogP contribution in [0.15, 0.2) is 47.3 Å². The summed E-state index contributed by atoms with van der Waals surface area (Å²) in [5.41, 5.74) is 0.425. The quantitative estimate of drug-likeness (QED) is 0.717. The van der Waals surface area contributed by atoms with Gasteiger partial charge in [0.15, 0.2) is 0 Å². The number of carbonyl (C=O) groups is 1. The van der Waals surface area contributed by atoms with E-state index in [1.165, 1.54) is 14.2 Å². The zero-order chi connectivity index (χ0) is 17.8. The predicted molar refractivity (Wildman–Crippen MR) is 91.0 cm³/mol. The maximum atomic E-state index is 12.4. The molecule has 0 bridgehead atoms. The molecule has 2 aromatic carbocycles. The number of ether oxygens (including phenoxy) is 3. The van der Waals surface area contributed by atoms with E-state index in [-0.39, 0.29) is 23.6 Å². The summed E-state index contributed by atoms with van der Waals surface area (Å²) in [6.07, 6.45) is 0. The van der Waals surface area contributed by atoms with Crippen LogP contribution in [-0.4, -0.2) is 30.2 Å². The molecule has 0 fully saturated rings. The third kappa shape index (κ3) is 3.30. The first kappa shape index (κ1) is 16.5. The molecule has 7 nitrogen and oxygen atoms in total. The maximum Gasteiger partial charge on any atom is 0.346 e. The van der Waals surface area contributed by atoms with E-state index >= 15 is 0 Å². The first-order valence-electron chi connectivity index (χ1n) is 7.50. The summed E-state index contributed by atoms with van der Waals surface area (Å²) in [5.74, 6) is 0.296. The number of H-pyrrole nitrogens is 1. The fourth-order valence-electron chi connectivity index (χ4n) is 2.46. The molecular weight excluding hydrogens is 324 g/mol. The van der Waals surface area contributed by atoms with Gasteiger partial charge in [0, 0.05) is 0 Å². The van der Waals surface area contributed by atoms with Gasteiger partial charge in [-0.1, -0.05) is 18.2 Å². The molecule has 1 aromatic heterocycles. The molecule has 0 radical (unpaired) electrons. The van der Waals surface area contributed by atoms with E-state index in [0.717, 1.165) is 0 Å². The van der Waals surface area contributed by atoms with Crippen LogP contribution in [0.4, 0.5) is 0 Å². The summed E-state index contributed by atoms with van der Waals surface area (Å²) < 4.78 is 15.6. The second kappa shape index (κ2) is 7.04. The summed E-state index contributed by atoms with van der Waals surface area (Å²) in [6.45, 7) is -0.180. The van der Waals surface area contributed by atoms with Gasteiger partial charge < -0.3 is 19.2 Å². The lowest BCUT2D eigenvalue weighted by molar-refractivity contribution is 0.0455. The van der Waals surface area contributed by atoms with Gasteiger partial charge in [-0.05, 0) is 24.3 Å². The zero-order valence-corrected chi connectivity index (χ0v) is 13.7. The number of hydrogen-bond donors (Lipinski definition) is 1. The number of para-hydroxylation sites is 1. The SMILES string of the molecule is COc1cccc(OC)c1C(=O)OCc1nc2ccccc2c(=O)[nH]1. The number of rotatable bonds is 5. The minimum Gasteiger partial charge on any atom is -0.496 e. The molecule has 25 heavy (non-hydrogen) atoms. The van der Waals surface area contributed by atoms with Crippen molar-refractivity contribution >= 4 is 16.9 Å². The van der Waals surface area contributed by atoms with Crippen molar-refractivity contribution < 1.29 is 19.0 Å². The molecule has 7 heteroatoms. The summed E-state index contributed by atoms with van der Waals surface area (Å²) in [4.78, 5) is 31.4. The second-order valence-electron chi connectivity index (χ2n) is 5.14. The second-order valence-corrected chi connectivity index (χ2v) is 5.14. The van der Waals surface area contributed by atoms with Crippen molar-refractivity contribution in [3.63, 3.8) is 0 Å². The maximum absolute atomic E-state index is 12.4. The Balaban J connectivity index is 1.85. The van der Waals surface area contributed by atoms with Gasteiger partial charge in [-0.25, -0.2) is 9.78 Å². The Labute approximate surface area is 143 Å². The monoisotopic (exact) mass is 340 g/mol. The number of aromatic nitrogens is 2. The van der Waals surface area contributed by atoms with Crippen LogP contribution in [0, 0.1) is 0 Å². The van der Waals surface area contributed by atoms with Crippen molar-refractivity contribution in [1.29, 1.82) is 0 Å². The summed E-state index contributed by atoms with van der Waals surface area (Å²) in [6, 6.07) is 11.9. The fraction of sp³-hybridized carbons (Fsp3) is 0.167. The molecule has 128 valence electrons. The van der Waals surface area contributed by atoms with Gasteiger partial charge in [-0.3, -0.25) is 4.79 Å². The number of aromatic amines is 1. The molecule has 0 unspecified atom stereocenters. The van der Waals surface area contributed by atoms with Gasteiger partial charge >= 0.3 is 5.97 Å². The molecule has 0 atom stereocenters. The van der Waals surface area contributed by atoms with Gasteiger partial charge in [-0.15, -0.1) is 0 Å². The van der Waals surface area contributed by atoms with Gasteiger partial charge in [0.1, 0.15) is 29.5 Å². The van der Waals surface area contributed by atoms with Crippen molar-refractivity contribution in [1.82, 2.24) is 9.97 Å². The molecule has 0 spiro atoms. The van der Waals surface area contributed by atoms with Crippen LogP contribution in [-0.2, 0) is 11.3 Å². The molecule has 1 heterocycles. The first-order chi connectivity index (χ1) is 12.1. The summed E-state index contributed by atoms with van der Waals surface area (Å²) in [5, 5.41) is 0.476. The average molecular weight is 340 g/mol. The number of nitrogens with one attached hydrogen (secondary N) is 1. The van der Waals surface area contributed by atoms with Crippen LogP contribution in [0.1, 0.15) is 16.2 Å². The Morgan fingerprint density at radius 1 is 1.04 bits per heavy atom. The highest BCUT2D eigenvalue weighted by Crippen LogP contribution is 2.29. The van der Waals surface area contributed by atoms with Gasteiger partial charge in [0.25, 0.3) is 5.56 Å². The normalized spacial score (nSPS) is 10.5. The van der Waals surface area contributed by atoms with Gasteiger partial charge in [0.2, 0.25) is 0 Å². The van der Waals surface area contributed by atoms with Crippen LogP contribution >= 0.6 is 0 Å². The van der Waals surface area contributed by atoms with E-state index in [9.17, 15) is 9.59 Å². The van der Waals surface area contributed by atoms with Crippen molar-refractivity contribution in [3.8, 4) is 11.5 Å². The standard InChI is InChI=1S/C18H16N2O5/c1-23-13-8-5-9-14(24-2)16(13)18(22)25-10-15-19-12-7-4-3-6-11(12)17(21)20-15/h3-9H,10H2,1-2H3,(H,19,20,21). The number of nitrogens with zero attached hydrogens (tertiary/aromatic N) is 1. The molecule has 3 rings (SSSR count). The van der Waals surface area contributed by atoms with Crippen LogP contribution in [0.3, 0.4) is 0 Å².